The van der Waals surface area contributed by atoms with E-state index in [0.717, 1.165) is 28.8 Å². The Morgan fingerprint density at radius 3 is 2.83 bits per heavy atom. The van der Waals surface area contributed by atoms with Crippen molar-refractivity contribution in [2.24, 2.45) is 0 Å². The summed E-state index contributed by atoms with van der Waals surface area (Å²) in [5, 5.41) is 4.58. The van der Waals surface area contributed by atoms with Crippen LogP contribution in [0.4, 0.5) is 11.4 Å². The van der Waals surface area contributed by atoms with E-state index in [0.29, 0.717) is 6.04 Å². The van der Waals surface area contributed by atoms with Crippen molar-refractivity contribution in [3.63, 3.8) is 0 Å². The van der Waals surface area contributed by atoms with Gasteiger partial charge in [0.05, 0.1) is 11.2 Å². The summed E-state index contributed by atoms with van der Waals surface area (Å²) in [6, 6.07) is 8.27. The highest BCUT2D eigenvalue weighted by Gasteiger charge is 2.08. The van der Waals surface area contributed by atoms with Crippen LogP contribution in [0.15, 0.2) is 30.5 Å². The fraction of sp³-hybridized carbons (Fsp3) is 0.357. The maximum absolute atomic E-state index is 5.94. The number of nitrogens with two attached hydrogens (primary N) is 1. The molecule has 0 aliphatic carbocycles. The zero-order valence-electron chi connectivity index (χ0n) is 11.1. The van der Waals surface area contributed by atoms with Crippen LogP contribution in [-0.2, 0) is 0 Å². The van der Waals surface area contributed by atoms with E-state index in [1.54, 1.807) is 6.20 Å². The van der Waals surface area contributed by atoms with E-state index in [1.165, 1.54) is 0 Å². The van der Waals surface area contributed by atoms with Crippen molar-refractivity contribution in [1.29, 1.82) is 0 Å². The second kappa shape index (κ2) is 5.23. The second-order valence-corrected chi connectivity index (χ2v) is 4.91. The van der Waals surface area contributed by atoms with Gasteiger partial charge in [0.15, 0.2) is 0 Å². The standard InChI is InChI=1S/C14H20N4/c1-10(9-18(2)3)17-13-7-6-12(15)14-11(13)5-4-8-16-14/h4-8,10,17H,9,15H2,1-3H3. The minimum Gasteiger partial charge on any atom is -0.397 e. The third-order valence-electron chi connectivity index (χ3n) is 2.84. The third kappa shape index (κ3) is 2.71. The molecule has 4 heteroatoms. The van der Waals surface area contributed by atoms with Crippen LogP contribution in [0.25, 0.3) is 10.9 Å². The number of aromatic nitrogens is 1. The first-order chi connectivity index (χ1) is 8.58. The molecule has 2 rings (SSSR count). The molecule has 2 aromatic rings. The summed E-state index contributed by atoms with van der Waals surface area (Å²) in [4.78, 5) is 6.50. The van der Waals surface area contributed by atoms with Crippen molar-refractivity contribution in [3.8, 4) is 0 Å². The van der Waals surface area contributed by atoms with E-state index in [4.69, 9.17) is 5.73 Å². The van der Waals surface area contributed by atoms with Gasteiger partial charge in [0.2, 0.25) is 0 Å². The Morgan fingerprint density at radius 1 is 1.33 bits per heavy atom. The van der Waals surface area contributed by atoms with E-state index < -0.39 is 0 Å². The third-order valence-corrected chi connectivity index (χ3v) is 2.84. The Kier molecular flexibility index (Phi) is 3.67. The lowest BCUT2D eigenvalue weighted by Crippen LogP contribution is -2.29. The van der Waals surface area contributed by atoms with Gasteiger partial charge < -0.3 is 16.0 Å². The van der Waals surface area contributed by atoms with Gasteiger partial charge in [-0.25, -0.2) is 0 Å². The fourth-order valence-corrected chi connectivity index (χ4v) is 2.18. The van der Waals surface area contributed by atoms with Crippen molar-refractivity contribution in [2.45, 2.75) is 13.0 Å². The highest BCUT2D eigenvalue weighted by atomic mass is 15.1. The summed E-state index contributed by atoms with van der Waals surface area (Å²) < 4.78 is 0. The van der Waals surface area contributed by atoms with Crippen LogP contribution in [0.5, 0.6) is 0 Å². The van der Waals surface area contributed by atoms with Crippen molar-refractivity contribution < 1.29 is 0 Å². The Bertz CT molecular complexity index is 536. The van der Waals surface area contributed by atoms with Gasteiger partial charge in [0.25, 0.3) is 0 Å². The predicted octanol–water partition coefficient (Wildman–Crippen LogP) is 2.18. The van der Waals surface area contributed by atoms with E-state index in [2.05, 4.69) is 36.2 Å². The van der Waals surface area contributed by atoms with Gasteiger partial charge >= 0.3 is 0 Å². The van der Waals surface area contributed by atoms with Crippen LogP contribution in [0, 0.1) is 0 Å². The first kappa shape index (κ1) is 12.6. The van der Waals surface area contributed by atoms with Crippen LogP contribution in [0.2, 0.25) is 0 Å². The smallest absolute Gasteiger partial charge is 0.0951 e. The number of likely N-dealkylation sites (N-methyl/N-ethyl adjacent to an activating group) is 1. The quantitative estimate of drug-likeness (QED) is 0.809. The molecule has 1 heterocycles. The molecule has 0 aliphatic heterocycles. The number of anilines is 2. The van der Waals surface area contributed by atoms with Crippen molar-refractivity contribution >= 4 is 22.3 Å². The van der Waals surface area contributed by atoms with Crippen LogP contribution in [-0.4, -0.2) is 36.6 Å². The normalized spacial score (nSPS) is 12.9. The van der Waals surface area contributed by atoms with Gasteiger partial charge in [0, 0.05) is 29.9 Å². The van der Waals surface area contributed by atoms with Crippen LogP contribution in [0.1, 0.15) is 6.92 Å². The Balaban J connectivity index is 2.31. The topological polar surface area (TPSA) is 54.2 Å². The van der Waals surface area contributed by atoms with E-state index in [9.17, 15) is 0 Å². The number of nitrogen functional groups attached to an aromatic ring is 1. The molecular formula is C14H20N4. The first-order valence-corrected chi connectivity index (χ1v) is 6.12. The number of hydrogen-bond acceptors (Lipinski definition) is 4. The second-order valence-electron chi connectivity index (χ2n) is 4.91. The zero-order valence-corrected chi connectivity index (χ0v) is 11.1. The molecule has 0 fully saturated rings. The van der Waals surface area contributed by atoms with E-state index >= 15 is 0 Å². The molecule has 0 saturated heterocycles. The molecule has 1 atom stereocenters. The average Bonchev–Trinajstić information content (AvgIpc) is 2.32. The summed E-state index contributed by atoms with van der Waals surface area (Å²) in [7, 11) is 4.14. The number of fused-ring (bicyclic) bond motifs is 1. The SMILES string of the molecule is CC(CN(C)C)Nc1ccc(N)c2ncccc12. The highest BCUT2D eigenvalue weighted by molar-refractivity contribution is 5.98. The zero-order chi connectivity index (χ0) is 13.1. The fourth-order valence-electron chi connectivity index (χ4n) is 2.18. The van der Waals surface area contributed by atoms with Gasteiger partial charge in [-0.2, -0.15) is 0 Å². The number of nitrogens with one attached hydrogen (secondary N) is 1. The molecule has 0 spiro atoms. The number of nitrogens with zero attached hydrogens (tertiary/aromatic N) is 2. The number of benzene rings is 1. The minimum absolute atomic E-state index is 0.368. The molecule has 0 aliphatic rings. The van der Waals surface area contributed by atoms with E-state index in [-0.39, 0.29) is 0 Å². The van der Waals surface area contributed by atoms with Crippen LogP contribution in [0.3, 0.4) is 0 Å². The molecule has 0 radical (unpaired) electrons. The lowest BCUT2D eigenvalue weighted by atomic mass is 10.1. The summed E-state index contributed by atoms with van der Waals surface area (Å²) in [6.45, 7) is 3.14. The molecule has 3 N–H and O–H groups in total. The van der Waals surface area contributed by atoms with Gasteiger partial charge in [-0.05, 0) is 45.3 Å². The largest absolute Gasteiger partial charge is 0.397 e. The summed E-state index contributed by atoms with van der Waals surface area (Å²) >= 11 is 0. The summed E-state index contributed by atoms with van der Waals surface area (Å²) in [5.41, 5.74) is 8.60. The average molecular weight is 244 g/mol. The molecule has 1 unspecified atom stereocenters. The van der Waals surface area contributed by atoms with Gasteiger partial charge in [-0.1, -0.05) is 0 Å². The number of hydrogen-bond donors (Lipinski definition) is 2. The summed E-state index contributed by atoms with van der Waals surface area (Å²) in [5.74, 6) is 0. The van der Waals surface area contributed by atoms with Crippen molar-refractivity contribution in [1.82, 2.24) is 9.88 Å². The molecule has 1 aromatic carbocycles. The van der Waals surface area contributed by atoms with Gasteiger partial charge in [-0.15, -0.1) is 0 Å². The van der Waals surface area contributed by atoms with Gasteiger partial charge in [-0.3, -0.25) is 4.98 Å². The lowest BCUT2D eigenvalue weighted by molar-refractivity contribution is 0.392. The predicted molar refractivity (Wildman–Crippen MR) is 77.8 cm³/mol. The monoisotopic (exact) mass is 244 g/mol. The summed E-state index contributed by atoms with van der Waals surface area (Å²) in [6.07, 6.45) is 1.77. The molecule has 4 nitrogen and oxygen atoms in total. The first-order valence-electron chi connectivity index (χ1n) is 6.12. The van der Waals surface area contributed by atoms with Crippen molar-refractivity contribution in [3.05, 3.63) is 30.5 Å². The van der Waals surface area contributed by atoms with E-state index in [1.807, 2.05) is 24.3 Å². The number of rotatable bonds is 4. The van der Waals surface area contributed by atoms with Crippen LogP contribution >= 0.6 is 0 Å². The molecule has 1 aromatic heterocycles. The maximum Gasteiger partial charge on any atom is 0.0951 e. The Morgan fingerprint density at radius 2 is 2.11 bits per heavy atom. The molecular weight excluding hydrogens is 224 g/mol. The molecule has 18 heavy (non-hydrogen) atoms. The number of pyridine rings is 1. The minimum atomic E-state index is 0.368. The molecule has 96 valence electrons. The van der Waals surface area contributed by atoms with Crippen LogP contribution < -0.4 is 11.1 Å². The molecule has 0 amide bonds. The Labute approximate surface area is 108 Å². The maximum atomic E-state index is 5.94. The lowest BCUT2D eigenvalue weighted by Gasteiger charge is -2.20. The molecule has 0 saturated carbocycles. The highest BCUT2D eigenvalue weighted by Crippen LogP contribution is 2.26. The van der Waals surface area contributed by atoms with Gasteiger partial charge in [0.1, 0.15) is 0 Å². The Hall–Kier alpha value is -1.81. The molecule has 0 bridgehead atoms. The van der Waals surface area contributed by atoms with Crippen molar-refractivity contribution in [2.75, 3.05) is 31.7 Å².